The Morgan fingerprint density at radius 2 is 2.12 bits per heavy atom. The quantitative estimate of drug-likeness (QED) is 0.626. The molecule has 1 atom stereocenters. The van der Waals surface area contributed by atoms with Crippen molar-refractivity contribution >= 4 is 5.69 Å². The zero-order chi connectivity index (χ0) is 11.5. The fraction of sp³-hybridized carbons (Fsp3) is 0.500. The smallest absolute Gasteiger partial charge is 0.272 e. The van der Waals surface area contributed by atoms with E-state index in [1.54, 1.807) is 18.2 Å². The highest BCUT2D eigenvalue weighted by Crippen LogP contribution is 2.32. The summed E-state index contributed by atoms with van der Waals surface area (Å²) in [5, 5.41) is 20.7. The second-order valence-electron chi connectivity index (χ2n) is 4.35. The second kappa shape index (κ2) is 4.61. The van der Waals surface area contributed by atoms with E-state index in [1.165, 1.54) is 12.5 Å². The normalized spacial score (nSPS) is 17.8. The van der Waals surface area contributed by atoms with Crippen molar-refractivity contribution in [2.45, 2.75) is 31.8 Å². The summed E-state index contributed by atoms with van der Waals surface area (Å²) in [6.45, 7) is 0. The number of nitro groups is 1. The molecule has 1 aromatic rings. The first-order valence-corrected chi connectivity index (χ1v) is 5.59. The van der Waals surface area contributed by atoms with Crippen molar-refractivity contribution in [1.29, 1.82) is 0 Å². The maximum absolute atomic E-state index is 10.8. The van der Waals surface area contributed by atoms with Crippen molar-refractivity contribution in [3.8, 4) is 0 Å². The Morgan fingerprint density at radius 1 is 1.44 bits per heavy atom. The van der Waals surface area contributed by atoms with Crippen LogP contribution in [-0.4, -0.2) is 16.1 Å². The third kappa shape index (κ3) is 2.22. The van der Waals surface area contributed by atoms with Gasteiger partial charge < -0.3 is 5.11 Å². The highest BCUT2D eigenvalue weighted by atomic mass is 16.6. The summed E-state index contributed by atoms with van der Waals surface area (Å²) < 4.78 is 0. The zero-order valence-corrected chi connectivity index (χ0v) is 9.00. The first-order chi connectivity index (χ1) is 7.68. The molecular formula is C12H15NO3. The van der Waals surface area contributed by atoms with Crippen molar-refractivity contribution in [3.05, 3.63) is 39.9 Å². The van der Waals surface area contributed by atoms with E-state index < -0.39 is 6.10 Å². The van der Waals surface area contributed by atoms with Crippen molar-refractivity contribution in [2.75, 3.05) is 0 Å². The van der Waals surface area contributed by atoms with Crippen LogP contribution >= 0.6 is 0 Å². The minimum atomic E-state index is -0.435. The lowest BCUT2D eigenvalue weighted by Crippen LogP contribution is -2.28. The van der Waals surface area contributed by atoms with E-state index in [4.69, 9.17) is 0 Å². The number of nitro benzene ring substituents is 1. The molecule has 4 heteroatoms. The number of hydrogen-bond donors (Lipinski definition) is 1. The molecule has 1 saturated carbocycles. The van der Waals surface area contributed by atoms with Gasteiger partial charge in [0.25, 0.3) is 5.69 Å². The fourth-order valence-corrected chi connectivity index (χ4v) is 2.08. The van der Waals surface area contributed by atoms with Crippen LogP contribution in [0.15, 0.2) is 24.3 Å². The summed E-state index contributed by atoms with van der Waals surface area (Å²) in [5.41, 5.74) is 0.743. The molecule has 1 N–H and O–H groups in total. The van der Waals surface area contributed by atoms with Crippen LogP contribution in [0.5, 0.6) is 0 Å². The number of para-hydroxylation sites is 1. The molecule has 0 radical (unpaired) electrons. The number of aliphatic hydroxyl groups is 1. The molecule has 1 fully saturated rings. The van der Waals surface area contributed by atoms with Gasteiger partial charge in [0.05, 0.1) is 11.0 Å². The Kier molecular flexibility index (Phi) is 3.19. The van der Waals surface area contributed by atoms with Gasteiger partial charge in [-0.25, -0.2) is 0 Å². The number of hydrogen-bond acceptors (Lipinski definition) is 3. The van der Waals surface area contributed by atoms with Gasteiger partial charge in [-0.1, -0.05) is 24.6 Å². The molecule has 0 amide bonds. The molecule has 0 aromatic heterocycles. The van der Waals surface area contributed by atoms with Crippen LogP contribution in [0.3, 0.4) is 0 Å². The van der Waals surface area contributed by atoms with Crippen molar-refractivity contribution in [3.63, 3.8) is 0 Å². The molecular weight excluding hydrogens is 206 g/mol. The Labute approximate surface area is 94.1 Å². The summed E-state index contributed by atoms with van der Waals surface area (Å²) in [5.74, 6) is 0.333. The molecule has 4 nitrogen and oxygen atoms in total. The van der Waals surface area contributed by atoms with Crippen LogP contribution in [0, 0.1) is 16.0 Å². The van der Waals surface area contributed by atoms with Gasteiger partial charge in [0, 0.05) is 18.1 Å². The van der Waals surface area contributed by atoms with Crippen LogP contribution in [-0.2, 0) is 6.42 Å². The van der Waals surface area contributed by atoms with E-state index in [-0.39, 0.29) is 10.6 Å². The van der Waals surface area contributed by atoms with Gasteiger partial charge in [-0.2, -0.15) is 0 Å². The van der Waals surface area contributed by atoms with Crippen LogP contribution < -0.4 is 0 Å². The molecule has 2 rings (SSSR count). The summed E-state index contributed by atoms with van der Waals surface area (Å²) in [4.78, 5) is 10.4. The van der Waals surface area contributed by atoms with Gasteiger partial charge in [0.1, 0.15) is 0 Å². The van der Waals surface area contributed by atoms with E-state index in [1.807, 2.05) is 0 Å². The zero-order valence-electron chi connectivity index (χ0n) is 9.00. The van der Waals surface area contributed by atoms with Crippen molar-refractivity contribution in [2.24, 2.45) is 5.92 Å². The lowest BCUT2D eigenvalue weighted by atomic mass is 9.79. The van der Waals surface area contributed by atoms with Crippen molar-refractivity contribution < 1.29 is 10.0 Å². The van der Waals surface area contributed by atoms with E-state index in [9.17, 15) is 15.2 Å². The summed E-state index contributed by atoms with van der Waals surface area (Å²) >= 11 is 0. The van der Waals surface area contributed by atoms with Gasteiger partial charge in [-0.3, -0.25) is 10.1 Å². The van der Waals surface area contributed by atoms with E-state index in [2.05, 4.69) is 0 Å². The number of rotatable bonds is 4. The third-order valence-electron chi connectivity index (χ3n) is 3.31. The molecule has 0 aliphatic heterocycles. The summed E-state index contributed by atoms with van der Waals surface area (Å²) in [6.07, 6.45) is 3.21. The predicted molar refractivity (Wildman–Crippen MR) is 60.1 cm³/mol. The Hall–Kier alpha value is -1.42. The van der Waals surface area contributed by atoms with Crippen LogP contribution in [0.2, 0.25) is 0 Å². The second-order valence-corrected chi connectivity index (χ2v) is 4.35. The molecule has 0 bridgehead atoms. The monoisotopic (exact) mass is 221 g/mol. The number of nitrogens with zero attached hydrogens (tertiary/aromatic N) is 1. The van der Waals surface area contributed by atoms with E-state index >= 15 is 0 Å². The van der Waals surface area contributed by atoms with Crippen LogP contribution in [0.1, 0.15) is 24.8 Å². The average molecular weight is 221 g/mol. The SMILES string of the molecule is O=[N+]([O-])c1ccccc1CC(O)C1CCC1. The van der Waals surface area contributed by atoms with Crippen LogP contribution in [0.25, 0.3) is 0 Å². The predicted octanol–water partition coefficient (Wildman–Crippen LogP) is 2.30. The van der Waals surface area contributed by atoms with E-state index in [0.717, 1.165) is 12.8 Å². The number of aliphatic hydroxyl groups excluding tert-OH is 1. The maximum Gasteiger partial charge on any atom is 0.272 e. The van der Waals surface area contributed by atoms with Gasteiger partial charge in [0.15, 0.2) is 0 Å². The van der Waals surface area contributed by atoms with E-state index in [0.29, 0.717) is 17.9 Å². The average Bonchev–Trinajstić information content (AvgIpc) is 2.15. The standard InChI is InChI=1S/C12H15NO3/c14-12(9-5-3-6-9)8-10-4-1-2-7-11(10)13(15)16/h1-2,4,7,9,12,14H,3,5-6,8H2. The fourth-order valence-electron chi connectivity index (χ4n) is 2.08. The molecule has 16 heavy (non-hydrogen) atoms. The Morgan fingerprint density at radius 3 is 2.69 bits per heavy atom. The van der Waals surface area contributed by atoms with Crippen molar-refractivity contribution in [1.82, 2.24) is 0 Å². The number of benzene rings is 1. The highest BCUT2D eigenvalue weighted by molar-refractivity contribution is 5.40. The summed E-state index contributed by atoms with van der Waals surface area (Å²) in [6, 6.07) is 6.63. The first-order valence-electron chi connectivity index (χ1n) is 5.59. The molecule has 1 aliphatic rings. The molecule has 0 saturated heterocycles. The molecule has 86 valence electrons. The summed E-state index contributed by atoms with van der Waals surface area (Å²) in [7, 11) is 0. The Balaban J connectivity index is 2.10. The molecule has 1 aromatic carbocycles. The largest absolute Gasteiger partial charge is 0.392 e. The van der Waals surface area contributed by atoms with Gasteiger partial charge >= 0.3 is 0 Å². The Bertz CT molecular complexity index is 388. The van der Waals surface area contributed by atoms with Gasteiger partial charge in [0.2, 0.25) is 0 Å². The van der Waals surface area contributed by atoms with Gasteiger partial charge in [-0.05, 0) is 18.8 Å². The van der Waals surface area contributed by atoms with Gasteiger partial charge in [-0.15, -0.1) is 0 Å². The highest BCUT2D eigenvalue weighted by Gasteiger charge is 2.27. The van der Waals surface area contributed by atoms with Crippen LogP contribution in [0.4, 0.5) is 5.69 Å². The lowest BCUT2D eigenvalue weighted by molar-refractivity contribution is -0.385. The molecule has 0 heterocycles. The minimum Gasteiger partial charge on any atom is -0.392 e. The molecule has 1 aliphatic carbocycles. The third-order valence-corrected chi connectivity index (χ3v) is 3.31. The minimum absolute atomic E-state index is 0.112. The maximum atomic E-state index is 10.8. The topological polar surface area (TPSA) is 63.4 Å². The molecule has 0 spiro atoms. The molecule has 1 unspecified atom stereocenters. The lowest BCUT2D eigenvalue weighted by Gasteiger charge is -2.30. The first kappa shape index (κ1) is 11.1.